The molecular weight excluding hydrogens is 444 g/mol. The number of hydrogen-bond donors (Lipinski definition) is 1. The van der Waals surface area contributed by atoms with E-state index in [0.29, 0.717) is 10.2 Å². The van der Waals surface area contributed by atoms with Gasteiger partial charge in [-0.15, -0.1) is 0 Å². The molecule has 0 bridgehead atoms. The summed E-state index contributed by atoms with van der Waals surface area (Å²) in [5, 5.41) is 2.86. The lowest BCUT2D eigenvalue weighted by Crippen LogP contribution is -2.43. The van der Waals surface area contributed by atoms with Gasteiger partial charge in [0, 0.05) is 10.5 Å². The average molecular weight is 469 g/mol. The quantitative estimate of drug-likeness (QED) is 0.604. The molecule has 0 unspecified atom stereocenters. The number of carbonyl (C=O) groups is 1. The molecule has 2 aromatic rings. The van der Waals surface area contributed by atoms with Crippen molar-refractivity contribution in [3.05, 3.63) is 53.0 Å². The SMILES string of the molecule is CCC[C@H](C)NC(=O)CN(c1ccccc1)S(=O)(=O)c1cc(Br)ccc1OC. The van der Waals surface area contributed by atoms with Gasteiger partial charge in [0.15, 0.2) is 0 Å². The molecule has 1 N–H and O–H groups in total. The van der Waals surface area contributed by atoms with Gasteiger partial charge in [-0.2, -0.15) is 0 Å². The molecule has 152 valence electrons. The van der Waals surface area contributed by atoms with E-state index in [0.717, 1.165) is 17.1 Å². The Morgan fingerprint density at radius 2 is 1.89 bits per heavy atom. The molecule has 1 amide bonds. The van der Waals surface area contributed by atoms with Crippen LogP contribution in [0.1, 0.15) is 26.7 Å². The van der Waals surface area contributed by atoms with Gasteiger partial charge in [-0.1, -0.05) is 47.5 Å². The number of rotatable bonds is 9. The molecule has 0 fully saturated rings. The fraction of sp³-hybridized carbons (Fsp3) is 0.350. The van der Waals surface area contributed by atoms with Crippen molar-refractivity contribution in [3.8, 4) is 5.75 Å². The fourth-order valence-electron chi connectivity index (χ4n) is 2.84. The number of ether oxygens (including phenoxy) is 1. The number of benzene rings is 2. The number of amides is 1. The standard InChI is InChI=1S/C20H25BrN2O4S/c1-4-8-15(2)22-20(24)14-23(17-9-6-5-7-10-17)28(25,26)19-13-16(21)11-12-18(19)27-3/h5-7,9-13,15H,4,8,14H2,1-3H3,(H,22,24)/t15-/m0/s1. The Hall–Kier alpha value is -2.06. The molecule has 0 aliphatic heterocycles. The first-order valence-electron chi connectivity index (χ1n) is 9.00. The Labute approximate surface area is 175 Å². The summed E-state index contributed by atoms with van der Waals surface area (Å²) in [4.78, 5) is 12.5. The summed E-state index contributed by atoms with van der Waals surface area (Å²) >= 11 is 3.31. The third kappa shape index (κ3) is 5.48. The van der Waals surface area contributed by atoms with E-state index in [1.54, 1.807) is 42.5 Å². The van der Waals surface area contributed by atoms with Gasteiger partial charge in [0.1, 0.15) is 17.2 Å². The number of anilines is 1. The van der Waals surface area contributed by atoms with Crippen molar-refractivity contribution in [2.75, 3.05) is 18.0 Å². The number of sulfonamides is 1. The Morgan fingerprint density at radius 1 is 1.21 bits per heavy atom. The minimum Gasteiger partial charge on any atom is -0.495 e. The monoisotopic (exact) mass is 468 g/mol. The summed E-state index contributed by atoms with van der Waals surface area (Å²) in [5.74, 6) is -0.147. The minimum absolute atomic E-state index is 0.0114. The predicted molar refractivity (Wildman–Crippen MR) is 114 cm³/mol. The van der Waals surface area contributed by atoms with Gasteiger partial charge >= 0.3 is 0 Å². The maximum Gasteiger partial charge on any atom is 0.268 e. The lowest BCUT2D eigenvalue weighted by Gasteiger charge is -2.25. The summed E-state index contributed by atoms with van der Waals surface area (Å²) < 4.78 is 33.9. The molecule has 6 nitrogen and oxygen atoms in total. The topological polar surface area (TPSA) is 75.7 Å². The number of para-hydroxylation sites is 1. The second-order valence-corrected chi connectivity index (χ2v) is 9.15. The summed E-state index contributed by atoms with van der Waals surface area (Å²) in [6, 6.07) is 13.3. The Balaban J connectivity index is 2.45. The van der Waals surface area contributed by atoms with Crippen LogP contribution in [0.5, 0.6) is 5.75 Å². The zero-order valence-corrected chi connectivity index (χ0v) is 18.6. The average Bonchev–Trinajstić information content (AvgIpc) is 2.66. The molecule has 0 saturated carbocycles. The van der Waals surface area contributed by atoms with Crippen molar-refractivity contribution in [2.45, 2.75) is 37.6 Å². The normalized spacial score (nSPS) is 12.3. The Kier molecular flexibility index (Phi) is 7.88. The van der Waals surface area contributed by atoms with Crippen LogP contribution in [0, 0.1) is 0 Å². The number of hydrogen-bond acceptors (Lipinski definition) is 4. The lowest BCUT2D eigenvalue weighted by atomic mass is 10.2. The molecule has 2 rings (SSSR count). The highest BCUT2D eigenvalue weighted by Crippen LogP contribution is 2.32. The Bertz CT molecular complexity index is 904. The molecule has 2 aromatic carbocycles. The first-order chi connectivity index (χ1) is 13.3. The molecule has 0 aliphatic rings. The summed E-state index contributed by atoms with van der Waals surface area (Å²) in [7, 11) is -2.63. The van der Waals surface area contributed by atoms with E-state index in [1.165, 1.54) is 13.2 Å². The van der Waals surface area contributed by atoms with Crippen LogP contribution in [-0.4, -0.2) is 34.0 Å². The third-order valence-electron chi connectivity index (χ3n) is 4.15. The molecule has 0 spiro atoms. The van der Waals surface area contributed by atoms with E-state index in [9.17, 15) is 13.2 Å². The zero-order chi connectivity index (χ0) is 20.7. The first kappa shape index (κ1) is 22.2. The van der Waals surface area contributed by atoms with Crippen LogP contribution in [0.3, 0.4) is 0 Å². The van der Waals surface area contributed by atoms with Gasteiger partial charge in [-0.25, -0.2) is 8.42 Å². The highest BCUT2D eigenvalue weighted by molar-refractivity contribution is 9.10. The van der Waals surface area contributed by atoms with Gasteiger partial charge in [-0.05, 0) is 43.7 Å². The van der Waals surface area contributed by atoms with Crippen molar-refractivity contribution >= 4 is 37.5 Å². The second kappa shape index (κ2) is 9.93. The van der Waals surface area contributed by atoms with Crippen molar-refractivity contribution in [1.29, 1.82) is 0 Å². The maximum atomic E-state index is 13.5. The number of nitrogens with zero attached hydrogens (tertiary/aromatic N) is 1. The summed E-state index contributed by atoms with van der Waals surface area (Å²) in [6.07, 6.45) is 1.75. The van der Waals surface area contributed by atoms with Crippen LogP contribution in [0.2, 0.25) is 0 Å². The molecule has 0 aromatic heterocycles. The predicted octanol–water partition coefficient (Wildman–Crippen LogP) is 3.96. The van der Waals surface area contributed by atoms with Crippen molar-refractivity contribution in [3.63, 3.8) is 0 Å². The van der Waals surface area contributed by atoms with Gasteiger partial charge in [-0.3, -0.25) is 9.10 Å². The van der Waals surface area contributed by atoms with Gasteiger partial charge in [0.25, 0.3) is 10.0 Å². The van der Waals surface area contributed by atoms with Gasteiger partial charge < -0.3 is 10.1 Å². The molecule has 0 aliphatic carbocycles. The molecule has 0 heterocycles. The smallest absolute Gasteiger partial charge is 0.268 e. The number of carbonyl (C=O) groups excluding carboxylic acids is 1. The molecule has 0 saturated heterocycles. The van der Waals surface area contributed by atoms with Crippen molar-refractivity contribution in [2.24, 2.45) is 0 Å². The van der Waals surface area contributed by atoms with Crippen LogP contribution >= 0.6 is 15.9 Å². The number of nitrogens with one attached hydrogen (secondary N) is 1. The largest absolute Gasteiger partial charge is 0.495 e. The van der Waals surface area contributed by atoms with E-state index < -0.39 is 10.0 Å². The summed E-state index contributed by atoms with van der Waals surface area (Å²) in [5.41, 5.74) is 0.405. The first-order valence-corrected chi connectivity index (χ1v) is 11.2. The van der Waals surface area contributed by atoms with Gasteiger partial charge in [0.2, 0.25) is 5.91 Å². The van der Waals surface area contributed by atoms with Crippen molar-refractivity contribution < 1.29 is 17.9 Å². The minimum atomic E-state index is -4.05. The number of methoxy groups -OCH3 is 1. The zero-order valence-electron chi connectivity index (χ0n) is 16.2. The van der Waals surface area contributed by atoms with Crippen molar-refractivity contribution in [1.82, 2.24) is 5.32 Å². The lowest BCUT2D eigenvalue weighted by molar-refractivity contribution is -0.120. The van der Waals surface area contributed by atoms with Crippen LogP contribution in [0.25, 0.3) is 0 Å². The molecule has 28 heavy (non-hydrogen) atoms. The Morgan fingerprint density at radius 3 is 2.50 bits per heavy atom. The second-order valence-electron chi connectivity index (χ2n) is 6.40. The molecule has 0 radical (unpaired) electrons. The third-order valence-corrected chi connectivity index (χ3v) is 6.44. The fourth-order valence-corrected chi connectivity index (χ4v) is 4.95. The van der Waals surface area contributed by atoms with E-state index in [-0.39, 0.29) is 29.1 Å². The van der Waals surface area contributed by atoms with E-state index in [4.69, 9.17) is 4.74 Å². The van der Waals surface area contributed by atoms with E-state index in [2.05, 4.69) is 21.2 Å². The van der Waals surface area contributed by atoms with Crippen LogP contribution in [-0.2, 0) is 14.8 Å². The van der Waals surface area contributed by atoms with E-state index >= 15 is 0 Å². The van der Waals surface area contributed by atoms with Crippen LogP contribution in [0.4, 0.5) is 5.69 Å². The van der Waals surface area contributed by atoms with Crippen LogP contribution in [0.15, 0.2) is 57.9 Å². The maximum absolute atomic E-state index is 13.5. The molecule has 1 atom stereocenters. The molecular formula is C20H25BrN2O4S. The number of halogens is 1. The van der Waals surface area contributed by atoms with E-state index in [1.807, 2.05) is 13.8 Å². The highest BCUT2D eigenvalue weighted by Gasteiger charge is 2.30. The molecule has 8 heteroatoms. The summed E-state index contributed by atoms with van der Waals surface area (Å²) in [6.45, 7) is 3.61. The van der Waals surface area contributed by atoms with Gasteiger partial charge in [0.05, 0.1) is 12.8 Å². The van der Waals surface area contributed by atoms with Crippen LogP contribution < -0.4 is 14.4 Å². The highest BCUT2D eigenvalue weighted by atomic mass is 79.9.